The lowest BCUT2D eigenvalue weighted by atomic mass is 10.1. The molecule has 78 valence electrons. The molecular formula is C8H8Cl2F2N2. The Balaban J connectivity index is 2.85. The second-order valence-corrected chi connectivity index (χ2v) is 3.60. The highest BCUT2D eigenvalue weighted by Gasteiger charge is 2.18. The largest absolute Gasteiger partial charge is 0.323 e. The monoisotopic (exact) mass is 240 g/mol. The lowest BCUT2D eigenvalue weighted by Crippen LogP contribution is -2.31. The molecule has 2 nitrogen and oxygen atoms in total. The third-order valence-electron chi connectivity index (χ3n) is 1.72. The minimum absolute atomic E-state index is 0.0577. The van der Waals surface area contributed by atoms with Crippen LogP contribution in [0.4, 0.5) is 8.78 Å². The average molecular weight is 241 g/mol. The maximum absolute atomic E-state index is 12.2. The smallest absolute Gasteiger partial charge is 0.253 e. The van der Waals surface area contributed by atoms with E-state index in [-0.39, 0.29) is 16.5 Å². The first-order chi connectivity index (χ1) is 6.52. The number of nitrogens with two attached hydrogens (primary N) is 1. The highest BCUT2D eigenvalue weighted by molar-refractivity contribution is 6.35. The van der Waals surface area contributed by atoms with Crippen LogP contribution >= 0.6 is 23.2 Å². The van der Waals surface area contributed by atoms with Crippen molar-refractivity contribution in [3.8, 4) is 0 Å². The summed E-state index contributed by atoms with van der Waals surface area (Å²) in [5, 5.41) is 0.516. The maximum Gasteiger partial charge on any atom is 0.253 e. The van der Waals surface area contributed by atoms with Crippen LogP contribution in [0.15, 0.2) is 12.4 Å². The zero-order chi connectivity index (χ0) is 10.7. The van der Waals surface area contributed by atoms with Crippen molar-refractivity contribution in [3.63, 3.8) is 0 Å². The average Bonchev–Trinajstić information content (AvgIpc) is 2.11. The summed E-state index contributed by atoms with van der Waals surface area (Å²) in [5.74, 6) is 0. The van der Waals surface area contributed by atoms with Crippen molar-refractivity contribution in [2.75, 3.05) is 0 Å². The number of hydrogen-bond donors (Lipinski definition) is 1. The standard InChI is InChI=1S/C8H8Cl2F2N2/c9-5-2-14-3-6(10)4(5)1-7(13)8(11)12/h2-3,7-8H,1,13H2. The molecule has 1 rings (SSSR count). The summed E-state index contributed by atoms with van der Waals surface area (Å²) in [4.78, 5) is 3.70. The van der Waals surface area contributed by atoms with Gasteiger partial charge >= 0.3 is 0 Å². The summed E-state index contributed by atoms with van der Waals surface area (Å²) in [6, 6.07) is -1.26. The molecule has 0 aliphatic rings. The van der Waals surface area contributed by atoms with Crippen molar-refractivity contribution < 1.29 is 8.78 Å². The van der Waals surface area contributed by atoms with Gasteiger partial charge in [0.25, 0.3) is 6.43 Å². The molecule has 0 radical (unpaired) electrons. The Bertz CT molecular complexity index is 300. The minimum atomic E-state index is -2.59. The van der Waals surface area contributed by atoms with Crippen LogP contribution in [0, 0.1) is 0 Å². The Morgan fingerprint density at radius 3 is 2.21 bits per heavy atom. The van der Waals surface area contributed by atoms with Gasteiger partial charge in [-0.05, 0) is 12.0 Å². The molecule has 0 aliphatic carbocycles. The summed E-state index contributed by atoms with van der Waals surface area (Å²) >= 11 is 11.5. The van der Waals surface area contributed by atoms with Gasteiger partial charge in [-0.3, -0.25) is 4.98 Å². The summed E-state index contributed by atoms with van der Waals surface area (Å²) in [6.07, 6.45) is 0.0510. The molecule has 0 bridgehead atoms. The predicted molar refractivity (Wildman–Crippen MR) is 51.9 cm³/mol. The number of alkyl halides is 2. The molecule has 0 aromatic carbocycles. The molecule has 1 atom stereocenters. The van der Waals surface area contributed by atoms with Crippen molar-refractivity contribution in [2.24, 2.45) is 5.73 Å². The van der Waals surface area contributed by atoms with Crippen molar-refractivity contribution in [3.05, 3.63) is 28.0 Å². The second-order valence-electron chi connectivity index (χ2n) is 2.78. The van der Waals surface area contributed by atoms with E-state index in [4.69, 9.17) is 28.9 Å². The third-order valence-corrected chi connectivity index (χ3v) is 2.37. The number of hydrogen-bond acceptors (Lipinski definition) is 2. The molecular weight excluding hydrogens is 233 g/mol. The summed E-state index contributed by atoms with van der Waals surface area (Å²) in [5.41, 5.74) is 5.61. The predicted octanol–water partition coefficient (Wildman–Crippen LogP) is 2.52. The first kappa shape index (κ1) is 11.6. The first-order valence-corrected chi connectivity index (χ1v) is 4.59. The summed E-state index contributed by atoms with van der Waals surface area (Å²) < 4.78 is 24.3. The van der Waals surface area contributed by atoms with Gasteiger partial charge in [-0.25, -0.2) is 8.78 Å². The number of nitrogens with zero attached hydrogens (tertiary/aromatic N) is 1. The van der Waals surface area contributed by atoms with Gasteiger partial charge in [0, 0.05) is 12.4 Å². The Hall–Kier alpha value is -0.450. The highest BCUT2D eigenvalue weighted by atomic mass is 35.5. The van der Waals surface area contributed by atoms with Crippen molar-refractivity contribution in [2.45, 2.75) is 18.9 Å². The molecule has 0 aliphatic heterocycles. The van der Waals surface area contributed by atoms with Gasteiger partial charge in [-0.1, -0.05) is 23.2 Å². The second kappa shape index (κ2) is 4.87. The van der Waals surface area contributed by atoms with E-state index in [0.717, 1.165) is 0 Å². The lowest BCUT2D eigenvalue weighted by molar-refractivity contribution is 0.116. The van der Waals surface area contributed by atoms with Gasteiger partial charge in [0.1, 0.15) is 0 Å². The SMILES string of the molecule is NC(Cc1c(Cl)cncc1Cl)C(F)F. The zero-order valence-corrected chi connectivity index (χ0v) is 8.56. The van der Waals surface area contributed by atoms with Gasteiger partial charge in [0.2, 0.25) is 0 Å². The Labute approximate surface area is 90.0 Å². The first-order valence-electron chi connectivity index (χ1n) is 3.84. The fourth-order valence-electron chi connectivity index (χ4n) is 0.958. The van der Waals surface area contributed by atoms with Gasteiger partial charge < -0.3 is 5.73 Å². The number of aromatic nitrogens is 1. The molecule has 0 spiro atoms. The molecule has 1 unspecified atom stereocenters. The quantitative estimate of drug-likeness (QED) is 0.882. The van der Waals surface area contributed by atoms with Crippen LogP contribution in [-0.2, 0) is 6.42 Å². The van der Waals surface area contributed by atoms with E-state index in [1.165, 1.54) is 12.4 Å². The van der Waals surface area contributed by atoms with Crippen LogP contribution in [0.1, 0.15) is 5.56 Å². The molecule has 0 saturated carbocycles. The molecule has 2 N–H and O–H groups in total. The maximum atomic E-state index is 12.2. The topological polar surface area (TPSA) is 38.9 Å². The number of pyridine rings is 1. The number of rotatable bonds is 3. The molecule has 0 fully saturated rings. The van der Waals surface area contributed by atoms with E-state index >= 15 is 0 Å². The van der Waals surface area contributed by atoms with Gasteiger partial charge in [-0.2, -0.15) is 0 Å². The van der Waals surface area contributed by atoms with Gasteiger partial charge in [0.15, 0.2) is 0 Å². The molecule has 14 heavy (non-hydrogen) atoms. The van der Waals surface area contributed by atoms with E-state index < -0.39 is 12.5 Å². The molecule has 1 heterocycles. The third kappa shape index (κ3) is 2.77. The van der Waals surface area contributed by atoms with E-state index in [0.29, 0.717) is 5.56 Å². The summed E-state index contributed by atoms with van der Waals surface area (Å²) in [7, 11) is 0. The van der Waals surface area contributed by atoms with Crippen molar-refractivity contribution >= 4 is 23.2 Å². The van der Waals surface area contributed by atoms with E-state index in [2.05, 4.69) is 4.98 Å². The highest BCUT2D eigenvalue weighted by Crippen LogP contribution is 2.24. The van der Waals surface area contributed by atoms with Crippen LogP contribution < -0.4 is 5.73 Å². The number of halogens is 4. The Morgan fingerprint density at radius 1 is 1.29 bits per heavy atom. The van der Waals surface area contributed by atoms with Crippen LogP contribution in [0.3, 0.4) is 0 Å². The van der Waals surface area contributed by atoms with Crippen LogP contribution in [-0.4, -0.2) is 17.5 Å². The molecule has 1 aromatic heterocycles. The fourth-order valence-corrected chi connectivity index (χ4v) is 1.48. The normalized spacial score (nSPS) is 13.3. The zero-order valence-electron chi connectivity index (χ0n) is 7.05. The van der Waals surface area contributed by atoms with Crippen LogP contribution in [0.5, 0.6) is 0 Å². The summed E-state index contributed by atoms with van der Waals surface area (Å²) in [6.45, 7) is 0. The van der Waals surface area contributed by atoms with Crippen LogP contribution in [0.2, 0.25) is 10.0 Å². The minimum Gasteiger partial charge on any atom is -0.323 e. The van der Waals surface area contributed by atoms with E-state index in [1.807, 2.05) is 0 Å². The van der Waals surface area contributed by atoms with E-state index in [9.17, 15) is 8.78 Å². The molecule has 6 heteroatoms. The molecule has 0 amide bonds. The van der Waals surface area contributed by atoms with Gasteiger partial charge in [-0.15, -0.1) is 0 Å². The fraction of sp³-hybridized carbons (Fsp3) is 0.375. The lowest BCUT2D eigenvalue weighted by Gasteiger charge is -2.12. The van der Waals surface area contributed by atoms with Gasteiger partial charge in [0.05, 0.1) is 16.1 Å². The molecule has 0 saturated heterocycles. The van der Waals surface area contributed by atoms with Crippen molar-refractivity contribution in [1.29, 1.82) is 0 Å². The van der Waals surface area contributed by atoms with Crippen LogP contribution in [0.25, 0.3) is 0 Å². The Morgan fingerprint density at radius 2 is 1.79 bits per heavy atom. The van der Waals surface area contributed by atoms with Crippen molar-refractivity contribution in [1.82, 2.24) is 4.98 Å². The van der Waals surface area contributed by atoms with E-state index in [1.54, 1.807) is 0 Å². The Kier molecular flexibility index (Phi) is 4.04. The molecule has 1 aromatic rings.